The Labute approximate surface area is 487 Å². The average Bonchev–Trinajstić information content (AvgIpc) is 1.92. The van der Waals surface area contributed by atoms with Gasteiger partial charge in [0.25, 0.3) is 0 Å². The molecule has 0 aliphatic carbocycles. The lowest BCUT2D eigenvalue weighted by Gasteiger charge is -2.20. The van der Waals surface area contributed by atoms with Crippen LogP contribution in [0.3, 0.4) is 0 Å². The van der Waals surface area contributed by atoms with Crippen LogP contribution in [0.25, 0.3) is 122 Å². The third kappa shape index (κ3) is 9.48. The first kappa shape index (κ1) is 53.1. The summed E-state index contributed by atoms with van der Waals surface area (Å²) in [6.45, 7) is 17.0. The number of alkyl halides is 3. The lowest BCUT2D eigenvalue weighted by Crippen LogP contribution is -2.05. The lowest BCUT2D eigenvalue weighted by molar-refractivity contribution is -0.137. The quantitative estimate of drug-likeness (QED) is 0.152. The van der Waals surface area contributed by atoms with E-state index in [0.717, 1.165) is 112 Å². The first-order valence-electron chi connectivity index (χ1n) is 28.2. The van der Waals surface area contributed by atoms with E-state index >= 15 is 0 Å². The van der Waals surface area contributed by atoms with Crippen molar-refractivity contribution in [2.24, 2.45) is 0 Å². The second-order valence-electron chi connectivity index (χ2n) is 23.0. The molecule has 0 saturated carbocycles. The molecule has 0 bridgehead atoms. The van der Waals surface area contributed by atoms with Crippen LogP contribution in [0.2, 0.25) is 0 Å². The van der Waals surface area contributed by atoms with Gasteiger partial charge in [0.15, 0.2) is 0 Å². The molecule has 406 valence electrons. The maximum Gasteiger partial charge on any atom is 0.416 e. The summed E-state index contributed by atoms with van der Waals surface area (Å²) in [5, 5.41) is 25.6. The Balaban J connectivity index is 1.13. The molecule has 7 heteroatoms. The third-order valence-corrected chi connectivity index (χ3v) is 16.4. The first-order valence-corrected chi connectivity index (χ1v) is 28.2. The highest BCUT2D eigenvalue weighted by Crippen LogP contribution is 2.46. The van der Waals surface area contributed by atoms with Crippen LogP contribution < -0.4 is 0 Å². The van der Waals surface area contributed by atoms with Crippen LogP contribution in [0.1, 0.15) is 61.2 Å². The summed E-state index contributed by atoms with van der Waals surface area (Å²) in [6.07, 6.45) is -4.65. The number of nitriles is 2. The number of hydrogen-bond donors (Lipinski definition) is 0. The van der Waals surface area contributed by atoms with E-state index in [1.165, 1.54) is 50.6 Å². The zero-order valence-electron chi connectivity index (χ0n) is 48.0. The Morgan fingerprint density at radius 2 is 0.631 bits per heavy atom. The SMILES string of the molecule is Cc1cc(C)cc(-c2ccc3c(c2)c2cc(-c4cc(C)cc(C)c4)ccc2n3-c2ccc(C#N)cc2-c2cc(-c3ccc(C(F)(F)F)cc3C#N)ccc2-n2c3ccc(-c4cc(C)cc(C)c4)cc3c3cc(-c4cc(C)cc(C)c4)ccc32)c1. The molecule has 2 heterocycles. The van der Waals surface area contributed by atoms with Crippen LogP contribution in [0.4, 0.5) is 13.2 Å². The molecule has 0 aliphatic rings. The van der Waals surface area contributed by atoms with Crippen LogP contribution in [0.15, 0.2) is 200 Å². The van der Waals surface area contributed by atoms with E-state index in [9.17, 15) is 23.7 Å². The molecule has 13 aromatic rings. The Kier molecular flexibility index (Phi) is 12.9. The molecule has 0 N–H and O–H groups in total. The predicted molar refractivity (Wildman–Crippen MR) is 340 cm³/mol. The summed E-state index contributed by atoms with van der Waals surface area (Å²) in [6, 6.07) is 72.6. The fraction of sp³-hybridized carbons (Fsp3) is 0.117. The van der Waals surface area contributed by atoms with Gasteiger partial charge in [-0.2, -0.15) is 23.7 Å². The molecule has 0 fully saturated rings. The van der Waals surface area contributed by atoms with Crippen LogP contribution in [-0.2, 0) is 6.18 Å². The van der Waals surface area contributed by atoms with Crippen molar-refractivity contribution in [2.75, 3.05) is 0 Å². The minimum atomic E-state index is -4.65. The highest BCUT2D eigenvalue weighted by atomic mass is 19.4. The van der Waals surface area contributed by atoms with Crippen molar-refractivity contribution in [1.29, 1.82) is 10.5 Å². The van der Waals surface area contributed by atoms with E-state index in [-0.39, 0.29) is 5.56 Å². The number of nitrogens with zero attached hydrogens (tertiary/aromatic N) is 4. The number of aryl methyl sites for hydroxylation is 8. The van der Waals surface area contributed by atoms with Gasteiger partial charge in [-0.15, -0.1) is 0 Å². The average molecular weight is 1100 g/mol. The van der Waals surface area contributed by atoms with Gasteiger partial charge in [0, 0.05) is 32.7 Å². The molecular weight excluding hydrogens is 1040 g/mol. The van der Waals surface area contributed by atoms with Crippen molar-refractivity contribution >= 4 is 43.6 Å². The summed E-state index contributed by atoms with van der Waals surface area (Å²) >= 11 is 0. The topological polar surface area (TPSA) is 57.4 Å². The van der Waals surface area contributed by atoms with Gasteiger partial charge in [-0.3, -0.25) is 0 Å². The summed E-state index contributed by atoms with van der Waals surface area (Å²) in [7, 11) is 0. The molecule has 4 nitrogen and oxygen atoms in total. The van der Waals surface area contributed by atoms with Gasteiger partial charge in [0.1, 0.15) is 0 Å². The largest absolute Gasteiger partial charge is 0.416 e. The molecule has 0 saturated heterocycles. The Morgan fingerprint density at radius 3 is 0.964 bits per heavy atom. The van der Waals surface area contributed by atoms with Crippen LogP contribution in [0.5, 0.6) is 0 Å². The second kappa shape index (κ2) is 20.3. The fourth-order valence-electron chi connectivity index (χ4n) is 13.0. The lowest BCUT2D eigenvalue weighted by atomic mass is 9.92. The number of halogens is 3. The van der Waals surface area contributed by atoms with Gasteiger partial charge in [-0.05, 0) is 202 Å². The van der Waals surface area contributed by atoms with Crippen molar-refractivity contribution in [1.82, 2.24) is 9.13 Å². The van der Waals surface area contributed by atoms with E-state index < -0.39 is 11.7 Å². The molecule has 11 aromatic carbocycles. The Morgan fingerprint density at radius 1 is 0.298 bits per heavy atom. The van der Waals surface area contributed by atoms with Gasteiger partial charge in [0.2, 0.25) is 0 Å². The molecular formula is C77H57F3N4. The van der Waals surface area contributed by atoms with Gasteiger partial charge < -0.3 is 9.13 Å². The molecule has 0 spiro atoms. The van der Waals surface area contributed by atoms with Gasteiger partial charge in [0.05, 0.1) is 62.3 Å². The molecule has 84 heavy (non-hydrogen) atoms. The molecule has 0 aliphatic heterocycles. The minimum absolute atomic E-state index is 0.106. The minimum Gasteiger partial charge on any atom is -0.309 e. The van der Waals surface area contributed by atoms with E-state index in [4.69, 9.17) is 0 Å². The number of benzene rings is 11. The summed E-state index contributed by atoms with van der Waals surface area (Å²) in [4.78, 5) is 0. The summed E-state index contributed by atoms with van der Waals surface area (Å²) in [5.41, 5.74) is 25.2. The van der Waals surface area contributed by atoms with Crippen LogP contribution >= 0.6 is 0 Å². The predicted octanol–water partition coefficient (Wildman–Crippen LogP) is 21.1. The first-order chi connectivity index (χ1) is 40.4. The zero-order valence-corrected chi connectivity index (χ0v) is 48.0. The standard InChI is InChI=1S/C77H57F3N4/c1-44-23-45(2)28-58(27-44)53-10-18-72-66(37-53)67-38-54(59-29-46(3)24-47(4)30-59)11-19-73(67)83(72)71-17-9-52(42-81)35-65(71)70-41-57(64-16-15-63(77(78,79)80)36-62(64)43-82)14-22-76(70)84-74-20-12-55(60-31-48(5)25-49(6)32-60)39-68(74)69-40-56(13-21-75(69)84)61-33-50(7)26-51(8)34-61/h9-41H,1-8H3. The number of rotatable bonds is 8. The monoisotopic (exact) mass is 1090 g/mol. The zero-order chi connectivity index (χ0) is 58.5. The molecule has 0 radical (unpaired) electrons. The second-order valence-corrected chi connectivity index (χ2v) is 23.0. The van der Waals surface area contributed by atoms with E-state index in [2.05, 4.69) is 222 Å². The van der Waals surface area contributed by atoms with Crippen molar-refractivity contribution in [3.8, 4) is 90.3 Å². The maximum absolute atomic E-state index is 14.3. The normalized spacial score (nSPS) is 11.7. The number of aromatic nitrogens is 2. The summed E-state index contributed by atoms with van der Waals surface area (Å²) in [5.74, 6) is 0. The van der Waals surface area contributed by atoms with Crippen molar-refractivity contribution in [2.45, 2.75) is 61.6 Å². The van der Waals surface area contributed by atoms with Crippen LogP contribution in [-0.4, -0.2) is 9.13 Å². The molecule has 0 unspecified atom stereocenters. The van der Waals surface area contributed by atoms with Gasteiger partial charge >= 0.3 is 6.18 Å². The van der Waals surface area contributed by atoms with E-state index in [0.29, 0.717) is 27.8 Å². The fourth-order valence-corrected chi connectivity index (χ4v) is 13.0. The summed E-state index contributed by atoms with van der Waals surface area (Å²) < 4.78 is 47.5. The third-order valence-electron chi connectivity index (χ3n) is 16.4. The van der Waals surface area contributed by atoms with Crippen molar-refractivity contribution < 1.29 is 13.2 Å². The number of fused-ring (bicyclic) bond motifs is 6. The Bertz CT molecular complexity index is 4710. The molecule has 13 rings (SSSR count). The van der Waals surface area contributed by atoms with Crippen LogP contribution in [0, 0.1) is 78.1 Å². The highest BCUT2D eigenvalue weighted by Gasteiger charge is 2.32. The van der Waals surface area contributed by atoms with Gasteiger partial charge in [-0.25, -0.2) is 0 Å². The van der Waals surface area contributed by atoms with Crippen molar-refractivity contribution in [3.63, 3.8) is 0 Å². The molecule has 0 atom stereocenters. The highest BCUT2D eigenvalue weighted by molar-refractivity contribution is 6.14. The molecule has 2 aromatic heterocycles. The molecule has 0 amide bonds. The smallest absolute Gasteiger partial charge is 0.309 e. The van der Waals surface area contributed by atoms with Crippen molar-refractivity contribution in [3.05, 3.63) is 261 Å². The maximum atomic E-state index is 14.3. The van der Waals surface area contributed by atoms with E-state index in [1.807, 2.05) is 36.4 Å². The number of hydrogen-bond acceptors (Lipinski definition) is 2. The van der Waals surface area contributed by atoms with E-state index in [1.54, 1.807) is 0 Å². The Hall–Kier alpha value is -10.2. The van der Waals surface area contributed by atoms with Gasteiger partial charge in [-0.1, -0.05) is 154 Å².